The van der Waals surface area contributed by atoms with Gasteiger partial charge in [0.25, 0.3) is 5.78 Å². The zero-order valence-corrected chi connectivity index (χ0v) is 20.9. The second kappa shape index (κ2) is 10.3. The molecule has 3 aromatic carbocycles. The molecule has 0 saturated carbocycles. The van der Waals surface area contributed by atoms with E-state index in [1.807, 2.05) is 31.2 Å². The predicted molar refractivity (Wildman–Crippen MR) is 144 cm³/mol. The highest BCUT2D eigenvalue weighted by Crippen LogP contribution is 2.44. The van der Waals surface area contributed by atoms with Crippen LogP contribution in [-0.2, 0) is 9.59 Å². The van der Waals surface area contributed by atoms with E-state index in [-0.39, 0.29) is 11.3 Å². The standard InChI is InChI=1S/C29H24N2O5S/c1-3-16-36-20-12-10-18(11-13-20)25-24(26(32)19-8-6-5-7-9-19)27(33)28(34)31(25)29-30-22-15-14-21(35-4-2)17-23(22)37-29/h3,5-15,17,25,32H,1,4,16H2,2H3/b26-24+. The van der Waals surface area contributed by atoms with E-state index in [1.165, 1.54) is 16.2 Å². The topological polar surface area (TPSA) is 89.0 Å². The van der Waals surface area contributed by atoms with Crippen molar-refractivity contribution in [3.05, 3.63) is 102 Å². The van der Waals surface area contributed by atoms with Crippen LogP contribution in [-0.4, -0.2) is 35.0 Å². The first-order valence-electron chi connectivity index (χ1n) is 11.7. The molecule has 1 N–H and O–H groups in total. The number of thiazole rings is 1. The first kappa shape index (κ1) is 24.3. The number of carbonyl (C=O) groups is 2. The number of aliphatic hydroxyl groups is 1. The van der Waals surface area contributed by atoms with E-state index < -0.39 is 17.7 Å². The van der Waals surface area contributed by atoms with Gasteiger partial charge in [-0.3, -0.25) is 14.5 Å². The summed E-state index contributed by atoms with van der Waals surface area (Å²) in [6, 6.07) is 20.4. The fourth-order valence-corrected chi connectivity index (χ4v) is 5.27. The van der Waals surface area contributed by atoms with E-state index in [9.17, 15) is 14.7 Å². The molecule has 0 radical (unpaired) electrons. The maximum atomic E-state index is 13.4. The van der Waals surface area contributed by atoms with Gasteiger partial charge in [0.2, 0.25) is 0 Å². The van der Waals surface area contributed by atoms with Crippen LogP contribution in [0.5, 0.6) is 11.5 Å². The predicted octanol–water partition coefficient (Wildman–Crippen LogP) is 5.89. The minimum Gasteiger partial charge on any atom is -0.507 e. The summed E-state index contributed by atoms with van der Waals surface area (Å²) in [6.45, 7) is 6.43. The van der Waals surface area contributed by atoms with Crippen LogP contribution < -0.4 is 14.4 Å². The smallest absolute Gasteiger partial charge is 0.301 e. The second-order valence-corrected chi connectivity index (χ2v) is 9.27. The normalized spacial score (nSPS) is 16.8. The van der Waals surface area contributed by atoms with Crippen LogP contribution in [0.2, 0.25) is 0 Å². The fourth-order valence-electron chi connectivity index (χ4n) is 4.25. The Morgan fingerprint density at radius 2 is 1.78 bits per heavy atom. The number of hydrogen-bond acceptors (Lipinski definition) is 7. The number of fused-ring (bicyclic) bond motifs is 1. The van der Waals surface area contributed by atoms with E-state index >= 15 is 0 Å². The van der Waals surface area contributed by atoms with Crippen molar-refractivity contribution in [2.24, 2.45) is 0 Å². The molecule has 1 atom stereocenters. The Labute approximate surface area is 217 Å². The maximum absolute atomic E-state index is 13.4. The molecular weight excluding hydrogens is 488 g/mol. The zero-order chi connectivity index (χ0) is 25.9. The highest BCUT2D eigenvalue weighted by Gasteiger charge is 2.48. The SMILES string of the molecule is C=CCOc1ccc(C2/C(=C(\O)c3ccccc3)C(=O)C(=O)N2c2nc3ccc(OCC)cc3s2)cc1. The summed E-state index contributed by atoms with van der Waals surface area (Å²) in [5.41, 5.74) is 1.77. The summed E-state index contributed by atoms with van der Waals surface area (Å²) in [5, 5.41) is 11.6. The van der Waals surface area contributed by atoms with Gasteiger partial charge in [0.15, 0.2) is 5.13 Å². The highest BCUT2D eigenvalue weighted by atomic mass is 32.1. The Morgan fingerprint density at radius 1 is 1.05 bits per heavy atom. The van der Waals surface area contributed by atoms with Crippen molar-refractivity contribution >= 4 is 44.1 Å². The largest absolute Gasteiger partial charge is 0.507 e. The van der Waals surface area contributed by atoms with E-state index in [4.69, 9.17) is 9.47 Å². The Hall–Kier alpha value is -4.43. The molecule has 1 fully saturated rings. The molecular formula is C29H24N2O5S. The molecule has 1 saturated heterocycles. The molecule has 186 valence electrons. The number of amides is 1. The molecule has 1 aliphatic rings. The summed E-state index contributed by atoms with van der Waals surface area (Å²) in [4.78, 5) is 32.8. The van der Waals surface area contributed by atoms with Gasteiger partial charge in [-0.25, -0.2) is 4.98 Å². The third-order valence-corrected chi connectivity index (χ3v) is 6.94. The average Bonchev–Trinajstić information content (AvgIpc) is 3.45. The van der Waals surface area contributed by atoms with Crippen LogP contribution in [0.15, 0.2) is 91.0 Å². The lowest BCUT2D eigenvalue weighted by Gasteiger charge is -2.23. The van der Waals surface area contributed by atoms with Crippen LogP contribution in [0.3, 0.4) is 0 Å². The average molecular weight is 513 g/mol. The molecule has 5 rings (SSSR count). The number of nitrogens with zero attached hydrogens (tertiary/aromatic N) is 2. The Morgan fingerprint density at radius 3 is 2.49 bits per heavy atom. The van der Waals surface area contributed by atoms with Crippen molar-refractivity contribution < 1.29 is 24.2 Å². The number of ether oxygens (including phenoxy) is 2. The number of hydrogen-bond donors (Lipinski definition) is 1. The van der Waals surface area contributed by atoms with Gasteiger partial charge in [0.05, 0.1) is 28.4 Å². The van der Waals surface area contributed by atoms with Crippen LogP contribution in [0.1, 0.15) is 24.1 Å². The molecule has 8 heteroatoms. The highest BCUT2D eigenvalue weighted by molar-refractivity contribution is 7.22. The van der Waals surface area contributed by atoms with Gasteiger partial charge in [-0.2, -0.15) is 0 Å². The molecule has 0 bridgehead atoms. The third-order valence-electron chi connectivity index (χ3n) is 5.92. The summed E-state index contributed by atoms with van der Waals surface area (Å²) < 4.78 is 12.0. The molecule has 4 aromatic rings. The summed E-state index contributed by atoms with van der Waals surface area (Å²) in [7, 11) is 0. The van der Waals surface area contributed by atoms with Crippen LogP contribution in [0.25, 0.3) is 16.0 Å². The molecule has 1 amide bonds. The number of Topliss-reactive ketones (excluding diaryl/α,β-unsaturated/α-hetero) is 1. The lowest BCUT2D eigenvalue weighted by molar-refractivity contribution is -0.132. The van der Waals surface area contributed by atoms with Gasteiger partial charge in [-0.1, -0.05) is 66.5 Å². The Kier molecular flexibility index (Phi) is 6.74. The summed E-state index contributed by atoms with van der Waals surface area (Å²) in [5.74, 6) is -0.445. The lowest BCUT2D eigenvalue weighted by atomic mass is 9.95. The Balaban J connectivity index is 1.65. The number of anilines is 1. The van der Waals surface area contributed by atoms with Crippen molar-refractivity contribution in [3.63, 3.8) is 0 Å². The molecule has 37 heavy (non-hydrogen) atoms. The van der Waals surface area contributed by atoms with E-state index in [1.54, 1.807) is 54.6 Å². The second-order valence-electron chi connectivity index (χ2n) is 8.26. The van der Waals surface area contributed by atoms with Crippen molar-refractivity contribution in [2.75, 3.05) is 18.1 Å². The number of benzene rings is 3. The van der Waals surface area contributed by atoms with Crippen LogP contribution >= 0.6 is 11.3 Å². The van der Waals surface area contributed by atoms with E-state index in [2.05, 4.69) is 11.6 Å². The lowest BCUT2D eigenvalue weighted by Crippen LogP contribution is -2.29. The van der Waals surface area contributed by atoms with Gasteiger partial charge in [0, 0.05) is 5.56 Å². The first-order chi connectivity index (χ1) is 18.0. The number of aliphatic hydroxyl groups excluding tert-OH is 1. The Bertz CT molecular complexity index is 1510. The van der Waals surface area contributed by atoms with E-state index in [0.29, 0.717) is 46.5 Å². The summed E-state index contributed by atoms with van der Waals surface area (Å²) in [6.07, 6.45) is 1.65. The number of carbonyl (C=O) groups excluding carboxylic acids is 2. The van der Waals surface area contributed by atoms with Gasteiger partial charge in [-0.05, 0) is 42.8 Å². The third kappa shape index (κ3) is 4.59. The minimum atomic E-state index is -0.874. The van der Waals surface area contributed by atoms with Gasteiger partial charge >= 0.3 is 5.91 Å². The molecule has 1 unspecified atom stereocenters. The number of ketones is 1. The maximum Gasteiger partial charge on any atom is 0.301 e. The van der Waals surface area contributed by atoms with Crippen LogP contribution in [0, 0.1) is 0 Å². The van der Waals surface area contributed by atoms with Gasteiger partial charge in [0.1, 0.15) is 23.9 Å². The van der Waals surface area contributed by atoms with Crippen molar-refractivity contribution in [1.82, 2.24) is 4.98 Å². The zero-order valence-electron chi connectivity index (χ0n) is 20.1. The number of rotatable bonds is 8. The molecule has 1 aromatic heterocycles. The molecule has 7 nitrogen and oxygen atoms in total. The van der Waals surface area contributed by atoms with E-state index in [0.717, 1.165) is 4.70 Å². The van der Waals surface area contributed by atoms with Crippen molar-refractivity contribution in [3.8, 4) is 11.5 Å². The molecule has 2 heterocycles. The molecule has 0 spiro atoms. The van der Waals surface area contributed by atoms with Crippen LogP contribution in [0.4, 0.5) is 5.13 Å². The summed E-state index contributed by atoms with van der Waals surface area (Å²) >= 11 is 1.28. The van der Waals surface area contributed by atoms with Gasteiger partial charge < -0.3 is 14.6 Å². The monoisotopic (exact) mass is 512 g/mol. The minimum absolute atomic E-state index is 0.00483. The molecule has 0 aliphatic carbocycles. The van der Waals surface area contributed by atoms with Gasteiger partial charge in [-0.15, -0.1) is 0 Å². The van der Waals surface area contributed by atoms with Crippen molar-refractivity contribution in [2.45, 2.75) is 13.0 Å². The number of aromatic nitrogens is 1. The van der Waals surface area contributed by atoms with Crippen molar-refractivity contribution in [1.29, 1.82) is 0 Å². The first-order valence-corrected chi connectivity index (χ1v) is 12.6. The fraction of sp³-hybridized carbons (Fsp3) is 0.138. The molecule has 1 aliphatic heterocycles. The quantitative estimate of drug-likeness (QED) is 0.137.